The minimum Gasteiger partial charge on any atom is -0.354 e. The summed E-state index contributed by atoms with van der Waals surface area (Å²) in [6.45, 7) is 6.15. The number of amides is 1. The van der Waals surface area contributed by atoms with Crippen molar-refractivity contribution in [1.82, 2.24) is 30.2 Å². The maximum atomic E-state index is 12.6. The smallest absolute Gasteiger partial charge is 0.274 e. The molecule has 156 valence electrons. The summed E-state index contributed by atoms with van der Waals surface area (Å²) in [6, 6.07) is 11.2. The number of halogens is 1. The van der Waals surface area contributed by atoms with E-state index in [0.29, 0.717) is 22.9 Å². The van der Waals surface area contributed by atoms with Gasteiger partial charge in [-0.25, -0.2) is 4.98 Å². The van der Waals surface area contributed by atoms with Crippen molar-refractivity contribution < 1.29 is 4.79 Å². The van der Waals surface area contributed by atoms with E-state index in [0.717, 1.165) is 37.6 Å². The lowest BCUT2D eigenvalue weighted by atomic mass is 10.2. The van der Waals surface area contributed by atoms with Gasteiger partial charge in [-0.15, -0.1) is 5.10 Å². The maximum absolute atomic E-state index is 12.6. The first kappa shape index (κ1) is 20.3. The van der Waals surface area contributed by atoms with Crippen molar-refractivity contribution in [2.45, 2.75) is 13.5 Å². The van der Waals surface area contributed by atoms with Crippen LogP contribution in [0.3, 0.4) is 0 Å². The lowest BCUT2D eigenvalue weighted by Gasteiger charge is -2.33. The Bertz CT molecular complexity index is 1030. The van der Waals surface area contributed by atoms with Crippen molar-refractivity contribution in [2.75, 3.05) is 38.1 Å². The molecule has 4 rings (SSSR count). The fourth-order valence-corrected chi connectivity index (χ4v) is 3.50. The number of hydrogen-bond donors (Lipinski definition) is 1. The van der Waals surface area contributed by atoms with Gasteiger partial charge in [-0.2, -0.15) is 9.90 Å². The first-order valence-electron chi connectivity index (χ1n) is 9.86. The molecule has 30 heavy (non-hydrogen) atoms. The molecule has 0 aliphatic carbocycles. The van der Waals surface area contributed by atoms with Crippen molar-refractivity contribution in [2.24, 2.45) is 0 Å². The van der Waals surface area contributed by atoms with Gasteiger partial charge in [0.05, 0.1) is 11.4 Å². The van der Waals surface area contributed by atoms with E-state index in [9.17, 15) is 4.79 Å². The van der Waals surface area contributed by atoms with Crippen LogP contribution in [-0.2, 0) is 6.54 Å². The summed E-state index contributed by atoms with van der Waals surface area (Å²) in [5, 5.41) is 12.1. The Morgan fingerprint density at radius 3 is 2.63 bits per heavy atom. The molecule has 0 unspecified atom stereocenters. The lowest BCUT2D eigenvalue weighted by molar-refractivity contribution is 0.0945. The molecule has 0 saturated carbocycles. The molecule has 1 aromatic carbocycles. The van der Waals surface area contributed by atoms with Gasteiger partial charge in [-0.1, -0.05) is 23.7 Å². The van der Waals surface area contributed by atoms with Crippen LogP contribution in [0.4, 0.5) is 5.82 Å². The molecule has 0 atom stereocenters. The highest BCUT2D eigenvalue weighted by atomic mass is 35.5. The highest BCUT2D eigenvalue weighted by molar-refractivity contribution is 6.30. The van der Waals surface area contributed by atoms with E-state index in [4.69, 9.17) is 11.6 Å². The largest absolute Gasteiger partial charge is 0.354 e. The van der Waals surface area contributed by atoms with Crippen molar-refractivity contribution in [1.29, 1.82) is 0 Å². The van der Waals surface area contributed by atoms with E-state index in [-0.39, 0.29) is 11.6 Å². The second kappa shape index (κ2) is 8.81. The summed E-state index contributed by atoms with van der Waals surface area (Å²) in [6.07, 6.45) is 1.81. The number of aromatic nitrogens is 4. The number of rotatable bonds is 5. The van der Waals surface area contributed by atoms with Crippen molar-refractivity contribution in [3.63, 3.8) is 0 Å². The minimum absolute atomic E-state index is 0.274. The number of aryl methyl sites for hydroxylation is 1. The molecule has 8 nitrogen and oxygen atoms in total. The summed E-state index contributed by atoms with van der Waals surface area (Å²) < 4.78 is 0. The molecule has 1 N–H and O–H groups in total. The van der Waals surface area contributed by atoms with Crippen LogP contribution >= 0.6 is 11.6 Å². The predicted molar refractivity (Wildman–Crippen MR) is 116 cm³/mol. The number of carbonyl (C=O) groups is 1. The van der Waals surface area contributed by atoms with Gasteiger partial charge in [0.15, 0.2) is 5.69 Å². The van der Waals surface area contributed by atoms with Gasteiger partial charge in [0, 0.05) is 43.9 Å². The fourth-order valence-electron chi connectivity index (χ4n) is 3.31. The van der Waals surface area contributed by atoms with Gasteiger partial charge in [-0.3, -0.25) is 4.79 Å². The summed E-state index contributed by atoms with van der Waals surface area (Å²) >= 11 is 6.03. The first-order chi connectivity index (χ1) is 14.5. The second-order valence-electron chi connectivity index (χ2n) is 7.40. The Morgan fingerprint density at radius 1 is 1.13 bits per heavy atom. The zero-order chi connectivity index (χ0) is 21.1. The van der Waals surface area contributed by atoms with E-state index >= 15 is 0 Å². The Morgan fingerprint density at radius 2 is 1.93 bits per heavy atom. The van der Waals surface area contributed by atoms with E-state index in [1.54, 1.807) is 19.1 Å². The van der Waals surface area contributed by atoms with Crippen molar-refractivity contribution in [3.05, 3.63) is 64.6 Å². The van der Waals surface area contributed by atoms with Crippen LogP contribution < -0.4 is 10.2 Å². The Labute approximate surface area is 180 Å². The van der Waals surface area contributed by atoms with Gasteiger partial charge in [0.1, 0.15) is 5.82 Å². The Kier molecular flexibility index (Phi) is 5.96. The zero-order valence-electron chi connectivity index (χ0n) is 17.0. The molecule has 3 heterocycles. The molecule has 1 amide bonds. The average molecular weight is 426 g/mol. The van der Waals surface area contributed by atoms with Gasteiger partial charge in [0.25, 0.3) is 5.91 Å². The summed E-state index contributed by atoms with van der Waals surface area (Å²) in [7, 11) is 2.13. The quantitative estimate of drug-likeness (QED) is 0.675. The summed E-state index contributed by atoms with van der Waals surface area (Å²) in [5.74, 6) is 0.697. The number of anilines is 1. The monoisotopic (exact) mass is 425 g/mol. The standard InChI is InChI=1S/C21H24ClN7O/c1-15-20(26-29(25-15)18-5-3-4-17(22)12-18)21(30)24-14-16-6-7-19(23-13-16)28-10-8-27(2)9-11-28/h3-7,12-13H,8-11,14H2,1-2H3,(H,24,30). The molecule has 1 aliphatic heterocycles. The molecule has 0 radical (unpaired) electrons. The molecule has 9 heteroatoms. The Balaban J connectivity index is 1.38. The molecular formula is C21H24ClN7O. The zero-order valence-corrected chi connectivity index (χ0v) is 17.8. The lowest BCUT2D eigenvalue weighted by Crippen LogP contribution is -2.44. The molecule has 1 saturated heterocycles. The molecule has 3 aromatic rings. The Hall–Kier alpha value is -2.97. The van der Waals surface area contributed by atoms with E-state index < -0.39 is 0 Å². The highest BCUT2D eigenvalue weighted by Crippen LogP contribution is 2.15. The van der Waals surface area contributed by atoms with Crippen LogP contribution in [0.1, 0.15) is 21.7 Å². The van der Waals surface area contributed by atoms with E-state index in [1.165, 1.54) is 4.80 Å². The minimum atomic E-state index is -0.274. The van der Waals surface area contributed by atoms with Crippen LogP contribution in [0.15, 0.2) is 42.6 Å². The number of pyridine rings is 1. The number of likely N-dealkylation sites (N-methyl/N-ethyl adjacent to an activating group) is 1. The second-order valence-corrected chi connectivity index (χ2v) is 7.84. The number of nitrogens with one attached hydrogen (secondary N) is 1. The van der Waals surface area contributed by atoms with Gasteiger partial charge in [-0.05, 0) is 43.8 Å². The van der Waals surface area contributed by atoms with E-state index in [2.05, 4.69) is 37.3 Å². The fraction of sp³-hybridized carbons (Fsp3) is 0.333. The van der Waals surface area contributed by atoms with Crippen LogP contribution in [0, 0.1) is 6.92 Å². The van der Waals surface area contributed by atoms with Gasteiger partial charge >= 0.3 is 0 Å². The third-order valence-electron chi connectivity index (χ3n) is 5.13. The number of nitrogens with zero attached hydrogens (tertiary/aromatic N) is 6. The van der Waals surface area contributed by atoms with Crippen LogP contribution in [-0.4, -0.2) is 64.0 Å². The average Bonchev–Trinajstić information content (AvgIpc) is 3.15. The number of piperazine rings is 1. The van der Waals surface area contributed by atoms with Crippen LogP contribution in [0.2, 0.25) is 5.02 Å². The first-order valence-corrected chi connectivity index (χ1v) is 10.2. The SMILES string of the molecule is Cc1nn(-c2cccc(Cl)c2)nc1C(=O)NCc1ccc(N2CCN(C)CC2)nc1. The predicted octanol–water partition coefficient (Wildman–Crippen LogP) is 2.31. The third-order valence-corrected chi connectivity index (χ3v) is 5.36. The van der Waals surface area contributed by atoms with Crippen LogP contribution in [0.25, 0.3) is 5.69 Å². The van der Waals surface area contributed by atoms with Gasteiger partial charge < -0.3 is 15.1 Å². The molecule has 0 spiro atoms. The van der Waals surface area contributed by atoms with E-state index in [1.807, 2.05) is 30.5 Å². The molecule has 1 fully saturated rings. The number of hydrogen-bond acceptors (Lipinski definition) is 6. The highest BCUT2D eigenvalue weighted by Gasteiger charge is 2.17. The van der Waals surface area contributed by atoms with Gasteiger partial charge in [0.2, 0.25) is 0 Å². The topological polar surface area (TPSA) is 79.2 Å². The maximum Gasteiger partial charge on any atom is 0.274 e. The number of carbonyl (C=O) groups excluding carboxylic acids is 1. The van der Waals surface area contributed by atoms with Crippen LogP contribution in [0.5, 0.6) is 0 Å². The summed E-state index contributed by atoms with van der Waals surface area (Å²) in [5.41, 5.74) is 2.47. The summed E-state index contributed by atoms with van der Waals surface area (Å²) in [4.78, 5) is 23.2. The third kappa shape index (κ3) is 4.60. The molecule has 2 aromatic heterocycles. The molecule has 0 bridgehead atoms. The molecular weight excluding hydrogens is 402 g/mol. The molecule has 1 aliphatic rings. The number of benzene rings is 1. The normalized spacial score (nSPS) is 14.7. The van der Waals surface area contributed by atoms with Crippen molar-refractivity contribution in [3.8, 4) is 5.69 Å². The van der Waals surface area contributed by atoms with Crippen molar-refractivity contribution >= 4 is 23.3 Å².